The van der Waals surface area contributed by atoms with E-state index in [1.165, 1.54) is 4.88 Å². The molecule has 6 heterocycles. The Morgan fingerprint density at radius 2 is 2.16 bits per heavy atom. The van der Waals surface area contributed by atoms with Gasteiger partial charge in [-0.15, -0.1) is 11.3 Å². The molecule has 4 aromatic rings. The van der Waals surface area contributed by atoms with Crippen LogP contribution in [-0.4, -0.2) is 64.3 Å². The summed E-state index contributed by atoms with van der Waals surface area (Å²) in [7, 11) is 0. The number of aromatic nitrogens is 3. The third-order valence-electron chi connectivity index (χ3n) is 6.18. The van der Waals surface area contributed by atoms with E-state index in [1.807, 2.05) is 27.9 Å². The van der Waals surface area contributed by atoms with Gasteiger partial charge >= 0.3 is 0 Å². The number of nitrogens with one attached hydrogen (secondary N) is 1. The Kier molecular flexibility index (Phi) is 4.98. The summed E-state index contributed by atoms with van der Waals surface area (Å²) in [4.78, 5) is 21.1. The van der Waals surface area contributed by atoms with E-state index in [2.05, 4.69) is 45.0 Å². The average molecular weight is 446 g/mol. The number of pyridine rings is 2. The molecule has 0 radical (unpaired) electrons. The molecule has 1 N–H and O–H groups in total. The van der Waals surface area contributed by atoms with Crippen molar-refractivity contribution in [3.63, 3.8) is 0 Å². The van der Waals surface area contributed by atoms with Crippen molar-refractivity contribution in [1.82, 2.24) is 24.8 Å². The molecule has 1 unspecified atom stereocenters. The van der Waals surface area contributed by atoms with Gasteiger partial charge in [0.05, 0.1) is 30.6 Å². The van der Waals surface area contributed by atoms with Crippen LogP contribution in [0.15, 0.2) is 60.4 Å². The maximum atomic E-state index is 13.4. The molecule has 2 bridgehead atoms. The standard InChI is InChI=1S/C24H23N5O2S/c30-24(28-12-16-10-26-19(13-28)15-31-14-16)18-3-5-25-21(8-18)20-11-27-29-6-4-17(9-22(20)29)23-2-1-7-32-23/h1-9,11,16,19,26H,10,12-15H2/t16?,19-/m1/s1. The number of fused-ring (bicyclic) bond motifs is 4. The summed E-state index contributed by atoms with van der Waals surface area (Å²) >= 11 is 1.71. The molecule has 8 heteroatoms. The summed E-state index contributed by atoms with van der Waals surface area (Å²) < 4.78 is 7.57. The topological polar surface area (TPSA) is 71.8 Å². The summed E-state index contributed by atoms with van der Waals surface area (Å²) in [5, 5.41) is 10.1. The van der Waals surface area contributed by atoms with Crippen molar-refractivity contribution in [3.8, 4) is 21.7 Å². The van der Waals surface area contributed by atoms with E-state index in [9.17, 15) is 4.79 Å². The van der Waals surface area contributed by atoms with Crippen LogP contribution in [0.2, 0.25) is 0 Å². The quantitative estimate of drug-likeness (QED) is 0.524. The van der Waals surface area contributed by atoms with Gasteiger partial charge in [0.2, 0.25) is 0 Å². The van der Waals surface area contributed by atoms with Gasteiger partial charge in [-0.2, -0.15) is 5.10 Å². The number of amides is 1. The van der Waals surface area contributed by atoms with E-state index in [1.54, 1.807) is 23.6 Å². The highest BCUT2D eigenvalue weighted by Crippen LogP contribution is 2.30. The summed E-state index contributed by atoms with van der Waals surface area (Å²) in [6.07, 6.45) is 5.50. The third kappa shape index (κ3) is 3.60. The molecular weight excluding hydrogens is 422 g/mol. The van der Waals surface area contributed by atoms with Crippen molar-refractivity contribution >= 4 is 22.8 Å². The molecule has 2 fully saturated rings. The summed E-state index contributed by atoms with van der Waals surface area (Å²) in [6.45, 7) is 3.61. The minimum atomic E-state index is 0.0463. The molecule has 0 spiro atoms. The highest BCUT2D eigenvalue weighted by atomic mass is 32.1. The predicted octanol–water partition coefficient (Wildman–Crippen LogP) is 3.19. The molecule has 1 amide bonds. The molecule has 0 aromatic carbocycles. The SMILES string of the molecule is O=C(c1ccnc(-c2cnn3ccc(-c4cccs4)cc23)c1)N1CC2CN[C@@H](COC2)C1. The van der Waals surface area contributed by atoms with Crippen LogP contribution >= 0.6 is 11.3 Å². The lowest BCUT2D eigenvalue weighted by atomic mass is 10.1. The van der Waals surface area contributed by atoms with Crippen LogP contribution in [0.5, 0.6) is 0 Å². The predicted molar refractivity (Wildman–Crippen MR) is 124 cm³/mol. The lowest BCUT2D eigenvalue weighted by Gasteiger charge is -2.28. The Labute approximate surface area is 189 Å². The van der Waals surface area contributed by atoms with Crippen LogP contribution in [0.1, 0.15) is 10.4 Å². The fraction of sp³-hybridized carbons (Fsp3) is 0.292. The normalized spacial score (nSPS) is 20.9. The number of hydrogen-bond donors (Lipinski definition) is 1. The minimum absolute atomic E-state index is 0.0463. The molecule has 32 heavy (non-hydrogen) atoms. The second-order valence-corrected chi connectivity index (χ2v) is 9.38. The molecule has 7 nitrogen and oxygen atoms in total. The van der Waals surface area contributed by atoms with Gasteiger partial charge in [0.1, 0.15) is 0 Å². The second-order valence-electron chi connectivity index (χ2n) is 8.43. The number of thiophene rings is 1. The van der Waals surface area contributed by atoms with Crippen LogP contribution in [0, 0.1) is 5.92 Å². The number of rotatable bonds is 3. The Bertz CT molecular complexity index is 1250. The van der Waals surface area contributed by atoms with E-state index in [0.717, 1.165) is 28.9 Å². The van der Waals surface area contributed by atoms with Crippen LogP contribution in [0.3, 0.4) is 0 Å². The van der Waals surface area contributed by atoms with E-state index in [0.29, 0.717) is 37.8 Å². The van der Waals surface area contributed by atoms with Gasteiger partial charge in [0, 0.05) is 60.0 Å². The molecule has 2 aliphatic heterocycles. The number of carbonyl (C=O) groups is 1. The first-order chi connectivity index (χ1) is 15.7. The third-order valence-corrected chi connectivity index (χ3v) is 7.10. The van der Waals surface area contributed by atoms with Gasteiger partial charge in [-0.3, -0.25) is 9.78 Å². The van der Waals surface area contributed by atoms with Crippen molar-refractivity contribution in [2.24, 2.45) is 5.92 Å². The van der Waals surface area contributed by atoms with Gasteiger partial charge in [-0.05, 0) is 41.3 Å². The largest absolute Gasteiger partial charge is 0.379 e. The smallest absolute Gasteiger partial charge is 0.254 e. The maximum Gasteiger partial charge on any atom is 0.254 e. The van der Waals surface area contributed by atoms with Gasteiger partial charge in [0.25, 0.3) is 5.91 Å². The summed E-state index contributed by atoms with van der Waals surface area (Å²) in [5.74, 6) is 0.369. The van der Waals surface area contributed by atoms with E-state index in [-0.39, 0.29) is 11.9 Å². The van der Waals surface area contributed by atoms with E-state index in [4.69, 9.17) is 4.74 Å². The highest BCUT2D eigenvalue weighted by Gasteiger charge is 2.30. The molecule has 0 saturated carbocycles. The number of hydrogen-bond acceptors (Lipinski definition) is 6. The van der Waals surface area contributed by atoms with Crippen LogP contribution in [-0.2, 0) is 4.74 Å². The minimum Gasteiger partial charge on any atom is -0.379 e. The fourth-order valence-electron chi connectivity index (χ4n) is 4.55. The molecule has 2 aliphatic rings. The van der Waals surface area contributed by atoms with Gasteiger partial charge in [-0.1, -0.05) is 6.07 Å². The van der Waals surface area contributed by atoms with Gasteiger partial charge < -0.3 is 15.0 Å². The van der Waals surface area contributed by atoms with Crippen molar-refractivity contribution < 1.29 is 9.53 Å². The van der Waals surface area contributed by atoms with Crippen molar-refractivity contribution in [1.29, 1.82) is 0 Å². The molecule has 2 saturated heterocycles. The van der Waals surface area contributed by atoms with E-state index >= 15 is 0 Å². The van der Waals surface area contributed by atoms with Crippen LogP contribution < -0.4 is 5.32 Å². The zero-order valence-electron chi connectivity index (χ0n) is 17.5. The number of ether oxygens (including phenoxy) is 1. The zero-order chi connectivity index (χ0) is 21.5. The van der Waals surface area contributed by atoms with Crippen molar-refractivity contribution in [3.05, 3.63) is 65.9 Å². The van der Waals surface area contributed by atoms with E-state index < -0.39 is 0 Å². The Morgan fingerprint density at radius 3 is 3.06 bits per heavy atom. The molecule has 2 atom stereocenters. The summed E-state index contributed by atoms with van der Waals surface area (Å²) in [6, 6.07) is 12.2. The molecule has 4 aromatic heterocycles. The first-order valence-corrected chi connectivity index (χ1v) is 11.7. The molecular formula is C24H23N5O2S. The van der Waals surface area contributed by atoms with Gasteiger partial charge in [0.15, 0.2) is 0 Å². The Morgan fingerprint density at radius 1 is 1.19 bits per heavy atom. The lowest BCUT2D eigenvalue weighted by Crippen LogP contribution is -2.44. The first kappa shape index (κ1) is 19.6. The monoisotopic (exact) mass is 445 g/mol. The fourth-order valence-corrected chi connectivity index (χ4v) is 5.27. The second kappa shape index (κ2) is 8.12. The number of carbonyl (C=O) groups excluding carboxylic acids is 1. The highest BCUT2D eigenvalue weighted by molar-refractivity contribution is 7.13. The average Bonchev–Trinajstić information content (AvgIpc) is 3.39. The van der Waals surface area contributed by atoms with Crippen LogP contribution in [0.4, 0.5) is 0 Å². The van der Waals surface area contributed by atoms with Crippen LogP contribution in [0.25, 0.3) is 27.2 Å². The Balaban J connectivity index is 1.33. The van der Waals surface area contributed by atoms with Gasteiger partial charge in [-0.25, -0.2) is 4.52 Å². The number of nitrogens with zero attached hydrogens (tertiary/aromatic N) is 4. The molecule has 162 valence electrons. The summed E-state index contributed by atoms with van der Waals surface area (Å²) in [5.41, 5.74) is 4.45. The Hall–Kier alpha value is -3.07. The van der Waals surface area contributed by atoms with Crippen molar-refractivity contribution in [2.75, 3.05) is 32.8 Å². The van der Waals surface area contributed by atoms with Crippen molar-refractivity contribution in [2.45, 2.75) is 6.04 Å². The molecule has 6 rings (SSSR count). The molecule has 0 aliphatic carbocycles. The lowest BCUT2D eigenvalue weighted by molar-refractivity contribution is 0.0488. The maximum absolute atomic E-state index is 13.4. The first-order valence-electron chi connectivity index (χ1n) is 10.8. The zero-order valence-corrected chi connectivity index (χ0v) is 18.3.